The Morgan fingerprint density at radius 2 is 0.842 bits per heavy atom. The van der Waals surface area contributed by atoms with Crippen LogP contribution in [0.1, 0.15) is 76.3 Å². The molecule has 8 aromatic rings. The lowest BCUT2D eigenvalue weighted by Crippen LogP contribution is -1.86. The first-order valence-corrected chi connectivity index (χ1v) is 23.1. The van der Waals surface area contributed by atoms with Gasteiger partial charge in [0.1, 0.15) is 5.75 Å². The summed E-state index contributed by atoms with van der Waals surface area (Å²) < 4.78 is 2.23. The molecular formula is C52H52Br2OS2. The van der Waals surface area contributed by atoms with Gasteiger partial charge in [0.25, 0.3) is 0 Å². The van der Waals surface area contributed by atoms with Gasteiger partial charge >= 0.3 is 0 Å². The molecule has 5 heteroatoms. The first-order chi connectivity index (χ1) is 27.8. The number of rotatable bonds is 12. The number of thiol groups is 1. The predicted molar refractivity (Wildman–Crippen MR) is 260 cm³/mol. The Morgan fingerprint density at radius 3 is 1.37 bits per heavy atom. The number of phenolic OH excluding ortho intramolecular Hbond substituents is 1. The SMILES string of the molecule is CCCCCCc1ccc2ccc(O)cc2c1.CCCCCCc1ccc2ccc(Sc3ccc4ccc(Br)cc4c3)cc2c1.Sc1ccc2ccc(Br)cc2c1. The number of hydrogen-bond acceptors (Lipinski definition) is 3. The summed E-state index contributed by atoms with van der Waals surface area (Å²) in [6, 6.07) is 51.3. The maximum absolute atomic E-state index is 9.47. The van der Waals surface area contributed by atoms with E-state index in [-0.39, 0.29) is 0 Å². The molecule has 0 aliphatic heterocycles. The molecule has 0 radical (unpaired) electrons. The fourth-order valence-corrected chi connectivity index (χ4v) is 8.93. The van der Waals surface area contributed by atoms with Gasteiger partial charge in [-0.1, -0.05) is 169 Å². The molecule has 1 nitrogen and oxygen atoms in total. The van der Waals surface area contributed by atoms with Gasteiger partial charge in [0.15, 0.2) is 0 Å². The van der Waals surface area contributed by atoms with Gasteiger partial charge in [0, 0.05) is 23.6 Å². The van der Waals surface area contributed by atoms with E-state index in [1.54, 1.807) is 6.07 Å². The molecule has 0 amide bonds. The quantitative estimate of drug-likeness (QED) is 0.0941. The molecular weight excluding hydrogens is 865 g/mol. The highest BCUT2D eigenvalue weighted by molar-refractivity contribution is 9.10. The van der Waals surface area contributed by atoms with E-state index in [9.17, 15) is 5.11 Å². The molecule has 1 N–H and O–H groups in total. The molecule has 0 heterocycles. The summed E-state index contributed by atoms with van der Waals surface area (Å²) >= 11 is 13.1. The van der Waals surface area contributed by atoms with Gasteiger partial charge < -0.3 is 5.11 Å². The highest BCUT2D eigenvalue weighted by atomic mass is 79.9. The zero-order valence-corrected chi connectivity index (χ0v) is 37.9. The van der Waals surface area contributed by atoms with Crippen LogP contribution in [0, 0.1) is 0 Å². The minimum atomic E-state index is 0.348. The molecule has 0 saturated heterocycles. The molecule has 0 fully saturated rings. The van der Waals surface area contributed by atoms with Crippen LogP contribution in [0.25, 0.3) is 43.1 Å². The van der Waals surface area contributed by atoms with Gasteiger partial charge in [-0.25, -0.2) is 0 Å². The van der Waals surface area contributed by atoms with Crippen LogP contribution in [-0.2, 0) is 12.8 Å². The van der Waals surface area contributed by atoms with E-state index < -0.39 is 0 Å². The lowest BCUT2D eigenvalue weighted by Gasteiger charge is -2.08. The zero-order valence-electron chi connectivity index (χ0n) is 33.0. The number of halogens is 2. The van der Waals surface area contributed by atoms with Gasteiger partial charge in [-0.15, -0.1) is 12.6 Å². The van der Waals surface area contributed by atoms with Crippen molar-refractivity contribution < 1.29 is 5.11 Å². The van der Waals surface area contributed by atoms with Crippen LogP contribution < -0.4 is 0 Å². The second kappa shape index (κ2) is 21.9. The molecule has 0 spiro atoms. The van der Waals surface area contributed by atoms with Crippen molar-refractivity contribution in [2.24, 2.45) is 0 Å². The van der Waals surface area contributed by atoms with E-state index in [1.807, 2.05) is 36.0 Å². The number of benzene rings is 8. The van der Waals surface area contributed by atoms with Crippen molar-refractivity contribution in [2.75, 3.05) is 0 Å². The van der Waals surface area contributed by atoms with Crippen molar-refractivity contribution in [3.8, 4) is 5.75 Å². The maximum atomic E-state index is 9.47. The summed E-state index contributed by atoms with van der Waals surface area (Å²) in [7, 11) is 0. The fourth-order valence-electron chi connectivity index (χ4n) is 7.04. The molecule has 0 unspecified atom stereocenters. The molecule has 57 heavy (non-hydrogen) atoms. The van der Waals surface area contributed by atoms with E-state index in [2.05, 4.69) is 174 Å². The van der Waals surface area contributed by atoms with Gasteiger partial charge in [0.2, 0.25) is 0 Å². The van der Waals surface area contributed by atoms with E-state index in [4.69, 9.17) is 0 Å². The second-order valence-electron chi connectivity index (χ2n) is 14.8. The molecule has 0 atom stereocenters. The van der Waals surface area contributed by atoms with Crippen LogP contribution in [0.3, 0.4) is 0 Å². The molecule has 0 aliphatic carbocycles. The van der Waals surface area contributed by atoms with Crippen LogP contribution in [0.2, 0.25) is 0 Å². The maximum Gasteiger partial charge on any atom is 0.116 e. The summed E-state index contributed by atoms with van der Waals surface area (Å²) in [5, 5.41) is 19.5. The zero-order chi connectivity index (χ0) is 40.0. The van der Waals surface area contributed by atoms with Crippen molar-refractivity contribution in [3.05, 3.63) is 166 Å². The standard InChI is InChI=1S/C26H25BrS.C16H20O.C10H7BrS/c1-2-3-4-5-6-19-7-8-20-10-13-25(17-22(20)15-19)28-26-14-11-21-9-12-24(27)16-23(21)18-26;1-2-3-4-5-6-13-7-8-14-9-10-16(17)12-15(14)11-13;11-9-3-1-7-2-4-10(12)6-8(7)5-9/h7-18H,2-6H2,1H3;7-12,17H,2-6H2,1H3;1-6,12H. The Morgan fingerprint density at radius 1 is 0.421 bits per heavy atom. The van der Waals surface area contributed by atoms with E-state index in [0.717, 1.165) is 25.6 Å². The number of phenols is 1. The normalized spacial score (nSPS) is 11.0. The lowest BCUT2D eigenvalue weighted by atomic mass is 10.0. The highest BCUT2D eigenvalue weighted by Gasteiger charge is 2.04. The number of hydrogen-bond donors (Lipinski definition) is 2. The molecule has 292 valence electrons. The third-order valence-electron chi connectivity index (χ3n) is 10.2. The molecule has 8 aromatic carbocycles. The number of unbranched alkanes of at least 4 members (excludes halogenated alkanes) is 6. The Balaban J connectivity index is 0.000000160. The number of aromatic hydroxyl groups is 1. The van der Waals surface area contributed by atoms with Gasteiger partial charge in [-0.2, -0.15) is 0 Å². The van der Waals surface area contributed by atoms with Gasteiger partial charge in [-0.05, 0) is 153 Å². The fraction of sp³-hybridized carbons (Fsp3) is 0.231. The topological polar surface area (TPSA) is 20.2 Å². The first-order valence-electron chi connectivity index (χ1n) is 20.3. The monoisotopic (exact) mass is 914 g/mol. The van der Waals surface area contributed by atoms with Crippen molar-refractivity contribution in [3.63, 3.8) is 0 Å². The Hall–Kier alpha value is -3.74. The van der Waals surface area contributed by atoms with E-state index in [0.29, 0.717) is 5.75 Å². The molecule has 0 bridgehead atoms. The van der Waals surface area contributed by atoms with Crippen molar-refractivity contribution in [2.45, 2.75) is 92.7 Å². The minimum Gasteiger partial charge on any atom is -0.508 e. The summed E-state index contributed by atoms with van der Waals surface area (Å²) in [6.45, 7) is 4.50. The van der Waals surface area contributed by atoms with Crippen LogP contribution in [-0.4, -0.2) is 5.11 Å². The van der Waals surface area contributed by atoms with Crippen LogP contribution >= 0.6 is 56.3 Å². The van der Waals surface area contributed by atoms with Crippen molar-refractivity contribution in [1.82, 2.24) is 0 Å². The average molecular weight is 917 g/mol. The van der Waals surface area contributed by atoms with E-state index in [1.165, 1.54) is 116 Å². The van der Waals surface area contributed by atoms with E-state index >= 15 is 0 Å². The molecule has 0 aliphatic rings. The van der Waals surface area contributed by atoms with Crippen molar-refractivity contribution in [1.29, 1.82) is 0 Å². The smallest absolute Gasteiger partial charge is 0.116 e. The minimum absolute atomic E-state index is 0.348. The average Bonchev–Trinajstić information content (AvgIpc) is 3.21. The molecule has 8 rings (SSSR count). The predicted octanol–water partition coefficient (Wildman–Crippen LogP) is 17.6. The summed E-state index contributed by atoms with van der Waals surface area (Å²) in [4.78, 5) is 3.58. The van der Waals surface area contributed by atoms with Gasteiger partial charge in [0.05, 0.1) is 0 Å². The van der Waals surface area contributed by atoms with Gasteiger partial charge in [-0.3, -0.25) is 0 Å². The summed E-state index contributed by atoms with van der Waals surface area (Å²) in [6.07, 6.45) is 12.8. The molecule has 0 saturated carbocycles. The molecule has 0 aromatic heterocycles. The van der Waals surface area contributed by atoms with Crippen LogP contribution in [0.4, 0.5) is 0 Å². The highest BCUT2D eigenvalue weighted by Crippen LogP contribution is 2.33. The Kier molecular flexibility index (Phi) is 16.4. The lowest BCUT2D eigenvalue weighted by molar-refractivity contribution is 0.476. The second-order valence-corrected chi connectivity index (χ2v) is 18.3. The van der Waals surface area contributed by atoms with Crippen molar-refractivity contribution >= 4 is 99.3 Å². The summed E-state index contributed by atoms with van der Waals surface area (Å²) in [5.74, 6) is 0.348. The van der Waals surface area contributed by atoms with Crippen LogP contribution in [0.5, 0.6) is 5.75 Å². The Bertz CT molecular complexity index is 2510. The third kappa shape index (κ3) is 13.1. The largest absolute Gasteiger partial charge is 0.508 e. The number of fused-ring (bicyclic) bond motifs is 4. The first kappa shape index (κ1) is 42.9. The summed E-state index contributed by atoms with van der Waals surface area (Å²) in [5.41, 5.74) is 2.83. The van der Waals surface area contributed by atoms with Crippen LogP contribution in [0.15, 0.2) is 169 Å². The number of aryl methyl sites for hydroxylation is 2. The third-order valence-corrected chi connectivity index (χ3v) is 12.4. The Labute approximate surface area is 366 Å².